The molecule has 10 nitrogen and oxygen atoms in total. The highest BCUT2D eigenvalue weighted by molar-refractivity contribution is 5.93. The molecule has 3 amide bonds. The highest BCUT2D eigenvalue weighted by Gasteiger charge is 2.34. The van der Waals surface area contributed by atoms with Gasteiger partial charge < -0.3 is 37.1 Å². The first-order chi connectivity index (χ1) is 16.3. The molecule has 0 spiro atoms. The fourth-order valence-corrected chi connectivity index (χ4v) is 3.96. The van der Waals surface area contributed by atoms with Crippen molar-refractivity contribution < 1.29 is 19.1 Å². The molecule has 1 aromatic carbocycles. The van der Waals surface area contributed by atoms with Crippen LogP contribution in [0, 0.1) is 5.92 Å². The molecular formula is C24H38N6O4. The molecule has 7 N–H and O–H groups in total. The summed E-state index contributed by atoms with van der Waals surface area (Å²) in [5, 5.41) is 8.95. The van der Waals surface area contributed by atoms with Gasteiger partial charge in [0.2, 0.25) is 17.7 Å². The first-order valence-electron chi connectivity index (χ1n) is 12.0. The van der Waals surface area contributed by atoms with Crippen molar-refractivity contribution in [2.45, 2.75) is 56.9 Å². The number of rotatable bonds is 5. The van der Waals surface area contributed by atoms with Crippen molar-refractivity contribution in [3.05, 3.63) is 35.4 Å². The third-order valence-corrected chi connectivity index (χ3v) is 6.49. The molecule has 188 valence electrons. The van der Waals surface area contributed by atoms with Crippen LogP contribution in [0.15, 0.2) is 24.3 Å². The van der Waals surface area contributed by atoms with Gasteiger partial charge in [-0.15, -0.1) is 0 Å². The van der Waals surface area contributed by atoms with E-state index in [1.165, 1.54) is 4.90 Å². The molecule has 2 aliphatic rings. The van der Waals surface area contributed by atoms with Crippen LogP contribution in [0.2, 0.25) is 0 Å². The summed E-state index contributed by atoms with van der Waals surface area (Å²) in [5.74, 6) is -0.266. The van der Waals surface area contributed by atoms with Gasteiger partial charge in [0.15, 0.2) is 0 Å². The van der Waals surface area contributed by atoms with Gasteiger partial charge in [0.25, 0.3) is 0 Å². The molecule has 10 heteroatoms. The normalized spacial score (nSPS) is 26.0. The molecule has 1 saturated heterocycles. The summed E-state index contributed by atoms with van der Waals surface area (Å²) >= 11 is 0. The van der Waals surface area contributed by atoms with E-state index in [4.69, 9.17) is 16.2 Å². The summed E-state index contributed by atoms with van der Waals surface area (Å²) in [6, 6.07) is 5.40. The van der Waals surface area contributed by atoms with E-state index < -0.39 is 18.2 Å². The zero-order valence-electron chi connectivity index (χ0n) is 20.1. The van der Waals surface area contributed by atoms with Gasteiger partial charge in [-0.25, -0.2) is 0 Å². The zero-order valence-corrected chi connectivity index (χ0v) is 20.1. The second-order valence-corrected chi connectivity index (χ2v) is 9.25. The Morgan fingerprint density at radius 3 is 2.35 bits per heavy atom. The van der Waals surface area contributed by atoms with Crippen molar-refractivity contribution in [1.82, 2.24) is 20.9 Å². The average molecular weight is 475 g/mol. The Morgan fingerprint density at radius 2 is 1.71 bits per heavy atom. The van der Waals surface area contributed by atoms with E-state index >= 15 is 0 Å². The van der Waals surface area contributed by atoms with E-state index in [-0.39, 0.29) is 30.2 Å². The van der Waals surface area contributed by atoms with Crippen LogP contribution in [0.4, 0.5) is 0 Å². The molecule has 3 rings (SSSR count). The molecule has 1 unspecified atom stereocenters. The first-order valence-corrected chi connectivity index (χ1v) is 12.0. The molecule has 0 aromatic heterocycles. The third-order valence-electron chi connectivity index (χ3n) is 6.49. The highest BCUT2D eigenvalue weighted by Crippen LogP contribution is 2.33. The number of carbonyl (C=O) groups is 3. The van der Waals surface area contributed by atoms with Crippen molar-refractivity contribution in [2.24, 2.45) is 17.4 Å². The van der Waals surface area contributed by atoms with Gasteiger partial charge in [-0.2, -0.15) is 0 Å². The molecule has 34 heavy (non-hydrogen) atoms. The minimum atomic E-state index is -0.804. The minimum absolute atomic E-state index is 0.126. The number of nitrogens with two attached hydrogens (primary N) is 2. The smallest absolute Gasteiger partial charge is 0.243 e. The number of ether oxygens (including phenoxy) is 1. The fraction of sp³-hybridized carbons (Fsp3) is 0.625. The van der Waals surface area contributed by atoms with Crippen LogP contribution in [0.25, 0.3) is 0 Å². The van der Waals surface area contributed by atoms with Gasteiger partial charge in [-0.1, -0.05) is 37.1 Å². The topological polar surface area (TPSA) is 152 Å². The molecule has 1 heterocycles. The summed E-state index contributed by atoms with van der Waals surface area (Å²) in [7, 11) is 1.63. The predicted molar refractivity (Wildman–Crippen MR) is 128 cm³/mol. The second kappa shape index (κ2) is 12.3. The second-order valence-electron chi connectivity index (χ2n) is 9.25. The lowest BCUT2D eigenvalue weighted by molar-refractivity contribution is -0.141. The Hall–Kier alpha value is -2.53. The van der Waals surface area contributed by atoms with Crippen molar-refractivity contribution in [1.29, 1.82) is 0 Å². The van der Waals surface area contributed by atoms with Crippen LogP contribution in [0.5, 0.6) is 0 Å². The molecule has 3 atom stereocenters. The maximum absolute atomic E-state index is 13.2. The lowest BCUT2D eigenvalue weighted by Gasteiger charge is -2.30. The van der Waals surface area contributed by atoms with Gasteiger partial charge in [-0.05, 0) is 30.4 Å². The van der Waals surface area contributed by atoms with Crippen molar-refractivity contribution in [3.63, 3.8) is 0 Å². The Morgan fingerprint density at radius 1 is 1.03 bits per heavy atom. The Kier molecular flexibility index (Phi) is 9.40. The Bertz CT molecular complexity index is 842. The zero-order chi connectivity index (χ0) is 24.7. The molecule has 1 aromatic rings. The van der Waals surface area contributed by atoms with Crippen LogP contribution in [-0.2, 0) is 25.5 Å². The van der Waals surface area contributed by atoms with Crippen LogP contribution in [0.1, 0.15) is 43.5 Å². The lowest BCUT2D eigenvalue weighted by atomic mass is 10.0. The standard InChI is InChI=1S/C24H38N6O4/c1-15-22(31)29-19(13-17-5-7-18(8-6-17)21(25)26)23(32)28-10-12-34-11-9-27-20(14-16-3-4-16)24(33)30(15)2/h5-8,15-16,19-21,27H,3-4,9-14,25-26H2,1-2H3,(H,28,32)(H,29,31)/t15-,19-,20?/m1/s1. The Balaban J connectivity index is 1.74. The van der Waals surface area contributed by atoms with Crippen molar-refractivity contribution in [2.75, 3.05) is 33.4 Å². The average Bonchev–Trinajstić information content (AvgIpc) is 3.64. The molecule has 0 radical (unpaired) electrons. The summed E-state index contributed by atoms with van der Waals surface area (Å²) in [5.41, 5.74) is 13.0. The largest absolute Gasteiger partial charge is 0.378 e. The van der Waals surface area contributed by atoms with E-state index in [2.05, 4.69) is 16.0 Å². The third kappa shape index (κ3) is 7.49. The predicted octanol–water partition coefficient (Wildman–Crippen LogP) is -0.618. The molecule has 1 aliphatic carbocycles. The maximum Gasteiger partial charge on any atom is 0.243 e. The number of hydrogen-bond donors (Lipinski definition) is 5. The van der Waals surface area contributed by atoms with E-state index in [1.807, 2.05) is 24.3 Å². The van der Waals surface area contributed by atoms with E-state index in [1.54, 1.807) is 14.0 Å². The number of benzene rings is 1. The van der Waals surface area contributed by atoms with Crippen molar-refractivity contribution >= 4 is 17.7 Å². The summed E-state index contributed by atoms with van der Waals surface area (Å²) < 4.78 is 5.61. The molecule has 2 fully saturated rings. The summed E-state index contributed by atoms with van der Waals surface area (Å²) in [4.78, 5) is 40.6. The monoisotopic (exact) mass is 474 g/mol. The maximum atomic E-state index is 13.2. The van der Waals surface area contributed by atoms with Crippen molar-refractivity contribution in [3.8, 4) is 0 Å². The number of hydrogen-bond acceptors (Lipinski definition) is 7. The molecule has 0 bridgehead atoms. The van der Waals surface area contributed by atoms with Gasteiger partial charge in [0.1, 0.15) is 12.1 Å². The summed E-state index contributed by atoms with van der Waals surface area (Å²) in [6.45, 7) is 3.30. The number of nitrogens with one attached hydrogen (secondary N) is 3. The van der Waals surface area contributed by atoms with Crippen LogP contribution in [0.3, 0.4) is 0 Å². The molecule has 1 saturated carbocycles. The SMILES string of the molecule is C[C@@H]1C(=O)N[C@H](Cc2ccc(C(N)N)cc2)C(=O)NCCOCCNC(CC2CC2)C(=O)N1C. The van der Waals surface area contributed by atoms with E-state index in [9.17, 15) is 14.4 Å². The number of carbonyl (C=O) groups excluding carboxylic acids is 3. The minimum Gasteiger partial charge on any atom is -0.378 e. The molecule has 1 aliphatic heterocycles. The quantitative estimate of drug-likeness (QED) is 0.357. The van der Waals surface area contributed by atoms with E-state index in [0.29, 0.717) is 32.2 Å². The van der Waals surface area contributed by atoms with E-state index in [0.717, 1.165) is 30.4 Å². The van der Waals surface area contributed by atoms with Crippen LogP contribution in [-0.4, -0.2) is 74.1 Å². The lowest BCUT2D eigenvalue weighted by Crippen LogP contribution is -2.56. The van der Waals surface area contributed by atoms with Gasteiger partial charge in [0.05, 0.1) is 25.4 Å². The number of likely N-dealkylation sites (N-methyl/N-ethyl adjacent to an activating group) is 1. The number of amides is 3. The van der Waals surface area contributed by atoms with Crippen LogP contribution < -0.4 is 27.4 Å². The number of nitrogens with zero attached hydrogens (tertiary/aromatic N) is 1. The van der Waals surface area contributed by atoms with Crippen LogP contribution >= 0.6 is 0 Å². The Labute approximate surface area is 201 Å². The van der Waals surface area contributed by atoms with Gasteiger partial charge in [-0.3, -0.25) is 14.4 Å². The first kappa shape index (κ1) is 26.1. The van der Waals surface area contributed by atoms with Gasteiger partial charge in [0, 0.05) is 26.6 Å². The highest BCUT2D eigenvalue weighted by atomic mass is 16.5. The molecular weight excluding hydrogens is 436 g/mol. The summed E-state index contributed by atoms with van der Waals surface area (Å²) in [6.07, 6.45) is 2.73. The van der Waals surface area contributed by atoms with Gasteiger partial charge >= 0.3 is 0 Å². The fourth-order valence-electron chi connectivity index (χ4n) is 3.96.